The van der Waals surface area contributed by atoms with Crippen molar-refractivity contribution in [3.63, 3.8) is 0 Å². The van der Waals surface area contributed by atoms with Crippen molar-refractivity contribution in [1.82, 2.24) is 5.32 Å². The molecule has 2 nitrogen and oxygen atoms in total. The topological polar surface area (TPSA) is 24.1 Å². The first-order valence-corrected chi connectivity index (χ1v) is 5.46. The molecule has 92 valence electrons. The van der Waals surface area contributed by atoms with Crippen LogP contribution in [0.25, 0.3) is 0 Å². The zero-order valence-electron chi connectivity index (χ0n) is 9.44. The minimum atomic E-state index is -0.778. The molecule has 0 aliphatic heterocycles. The van der Waals surface area contributed by atoms with Crippen LogP contribution in [0, 0.1) is 17.7 Å². The second kappa shape index (κ2) is 8.56. The van der Waals surface area contributed by atoms with Gasteiger partial charge in [0.05, 0.1) is 0 Å². The quantitative estimate of drug-likeness (QED) is 0.386. The molecule has 0 saturated heterocycles. The average molecular weight is 291 g/mol. The first-order chi connectivity index (χ1) is 7.63. The molecule has 0 spiro atoms. The van der Waals surface area contributed by atoms with Crippen molar-refractivity contribution in [3.8, 4) is 0 Å². The Balaban J connectivity index is 0.00000256. The van der Waals surface area contributed by atoms with Crippen LogP contribution in [-0.4, -0.2) is 11.7 Å². The van der Waals surface area contributed by atoms with Crippen molar-refractivity contribution in [2.75, 3.05) is 11.9 Å². The summed E-state index contributed by atoms with van der Waals surface area (Å²) in [6, 6.07) is 4.34. The second-order valence-electron chi connectivity index (χ2n) is 3.27. The van der Waals surface area contributed by atoms with Gasteiger partial charge in [-0.3, -0.25) is 0 Å². The Bertz CT molecular complexity index is 374. The van der Waals surface area contributed by atoms with Gasteiger partial charge in [-0.2, -0.15) is 0 Å². The van der Waals surface area contributed by atoms with Gasteiger partial charge in [-0.1, -0.05) is 13.3 Å². The van der Waals surface area contributed by atoms with Crippen molar-refractivity contribution in [2.24, 2.45) is 0 Å². The molecule has 0 aliphatic rings. The van der Waals surface area contributed by atoms with Gasteiger partial charge in [-0.25, -0.2) is 8.78 Å². The number of unbranched alkanes of at least 4 members (excludes halogenated alkanes) is 1. The van der Waals surface area contributed by atoms with Crippen LogP contribution in [0.15, 0.2) is 12.1 Å². The summed E-state index contributed by atoms with van der Waals surface area (Å²) >= 11 is 4.95. The van der Waals surface area contributed by atoms with E-state index in [0.717, 1.165) is 25.5 Å². The fourth-order valence-corrected chi connectivity index (χ4v) is 1.30. The van der Waals surface area contributed by atoms with Crippen molar-refractivity contribution in [3.05, 3.63) is 29.8 Å². The van der Waals surface area contributed by atoms with Crippen LogP contribution >= 0.6 is 12.2 Å². The third kappa shape index (κ3) is 6.10. The van der Waals surface area contributed by atoms with Gasteiger partial charge in [-0.15, -0.1) is 18.2 Å². The minimum absolute atomic E-state index is 0. The van der Waals surface area contributed by atoms with Crippen LogP contribution < -0.4 is 10.6 Å². The maximum absolute atomic E-state index is 13.2. The first-order valence-electron chi connectivity index (χ1n) is 5.05. The van der Waals surface area contributed by atoms with Crippen molar-refractivity contribution in [2.45, 2.75) is 19.8 Å². The molecule has 0 atom stereocenters. The molecule has 0 amide bonds. The molecule has 0 unspecified atom stereocenters. The van der Waals surface area contributed by atoms with E-state index in [1.54, 1.807) is 0 Å². The number of hydrogen-bond donors (Lipinski definition) is 2. The van der Waals surface area contributed by atoms with E-state index in [1.165, 1.54) is 6.07 Å². The number of hydrogen-bond acceptors (Lipinski definition) is 1. The van der Waals surface area contributed by atoms with Crippen molar-refractivity contribution in [1.29, 1.82) is 0 Å². The number of benzene rings is 1. The number of anilines is 1. The Labute approximate surface area is 120 Å². The molecule has 1 aromatic carbocycles. The minimum Gasteiger partial charge on any atom is -0.383 e. The molecule has 0 radical (unpaired) electrons. The summed E-state index contributed by atoms with van der Waals surface area (Å²) in [5.74, 6) is -1.51. The third-order valence-corrected chi connectivity index (χ3v) is 2.17. The van der Waals surface area contributed by atoms with Crippen molar-refractivity contribution < 1.29 is 30.5 Å². The van der Waals surface area contributed by atoms with E-state index >= 15 is 0 Å². The van der Waals surface area contributed by atoms with Crippen LogP contribution in [-0.2, 0) is 21.7 Å². The second-order valence-corrected chi connectivity index (χ2v) is 3.68. The standard InChI is InChI=1S/C11H13F2N2S.Ti/c1-2-3-6-14-11(16)15-10-5-4-8(12)7-9(10)13;/h4-5H,2-3,6H2,1H3,(H2,14,15,16);/q-1;. The zero-order chi connectivity index (χ0) is 12.0. The predicted octanol–water partition coefficient (Wildman–Crippen LogP) is 2.85. The number of rotatable bonds is 4. The van der Waals surface area contributed by atoms with Gasteiger partial charge >= 0.3 is 0 Å². The maximum Gasteiger partial charge on any atom is 0.159 e. The summed E-state index contributed by atoms with van der Waals surface area (Å²) in [4.78, 5) is 0. The van der Waals surface area contributed by atoms with Crippen molar-refractivity contribution >= 4 is 23.0 Å². The molecule has 1 aromatic rings. The summed E-state index contributed by atoms with van der Waals surface area (Å²) in [6.07, 6.45) is 2.04. The fraction of sp³-hybridized carbons (Fsp3) is 0.364. The van der Waals surface area contributed by atoms with Crippen LogP contribution in [0.4, 0.5) is 14.5 Å². The largest absolute Gasteiger partial charge is 0.383 e. The molecule has 1 rings (SSSR count). The molecule has 2 N–H and O–H groups in total. The molecule has 6 heteroatoms. The molecule has 0 heterocycles. The SMILES string of the molecule is CCCCNC(=S)Nc1ccc(F)[c-]c1F.[Ti]. The molecule has 17 heavy (non-hydrogen) atoms. The Morgan fingerprint density at radius 1 is 1.41 bits per heavy atom. The normalized spacial score (nSPS) is 9.35. The Kier molecular flexibility index (Phi) is 8.30. The third-order valence-electron chi connectivity index (χ3n) is 1.93. The Hall–Kier alpha value is -0.516. The summed E-state index contributed by atoms with van der Waals surface area (Å²) < 4.78 is 25.7. The smallest absolute Gasteiger partial charge is 0.159 e. The maximum atomic E-state index is 13.2. The van der Waals surface area contributed by atoms with Crippen LogP contribution in [0.1, 0.15) is 19.8 Å². The summed E-state index contributed by atoms with van der Waals surface area (Å²) in [6.45, 7) is 2.79. The summed E-state index contributed by atoms with van der Waals surface area (Å²) in [7, 11) is 0. The number of halogens is 2. The molecular weight excluding hydrogens is 278 g/mol. The monoisotopic (exact) mass is 291 g/mol. The van der Waals surface area contributed by atoms with Gasteiger partial charge in [0.25, 0.3) is 0 Å². The summed E-state index contributed by atoms with van der Waals surface area (Å²) in [5.41, 5.74) is 0.121. The molecule has 0 aliphatic carbocycles. The van der Waals surface area contributed by atoms with Gasteiger partial charge < -0.3 is 10.6 Å². The Morgan fingerprint density at radius 3 is 2.71 bits per heavy atom. The van der Waals surface area contributed by atoms with Gasteiger partial charge in [0.1, 0.15) is 0 Å². The van der Waals surface area contributed by atoms with Crippen LogP contribution in [0.5, 0.6) is 0 Å². The van der Waals surface area contributed by atoms with Gasteiger partial charge in [0.2, 0.25) is 0 Å². The average Bonchev–Trinajstić information content (AvgIpc) is 2.23. The number of thiocarbonyl (C=S) groups is 1. The zero-order valence-corrected chi connectivity index (χ0v) is 11.8. The van der Waals surface area contributed by atoms with E-state index in [4.69, 9.17) is 12.2 Å². The van der Waals surface area contributed by atoms with Gasteiger partial charge in [0.15, 0.2) is 5.11 Å². The fourth-order valence-electron chi connectivity index (χ4n) is 1.09. The molecule has 0 fully saturated rings. The predicted molar refractivity (Wildman–Crippen MR) is 64.3 cm³/mol. The van der Waals surface area contributed by atoms with Gasteiger partial charge in [-0.05, 0) is 24.3 Å². The van der Waals surface area contributed by atoms with E-state index in [1.807, 2.05) is 6.07 Å². The summed E-state index contributed by atoms with van der Waals surface area (Å²) in [5, 5.41) is 5.89. The molecule has 0 saturated carbocycles. The van der Waals surface area contributed by atoms with Crippen LogP contribution in [0.3, 0.4) is 0 Å². The molecule has 0 bridgehead atoms. The van der Waals surface area contributed by atoms with E-state index in [0.29, 0.717) is 5.11 Å². The first kappa shape index (κ1) is 16.5. The molecular formula is C11H13F2N2STi-. The van der Waals surface area contributed by atoms with E-state index < -0.39 is 11.6 Å². The Morgan fingerprint density at radius 2 is 2.12 bits per heavy atom. The van der Waals surface area contributed by atoms with Crippen LogP contribution in [0.2, 0.25) is 0 Å². The van der Waals surface area contributed by atoms with E-state index in [-0.39, 0.29) is 27.4 Å². The molecule has 0 aromatic heterocycles. The van der Waals surface area contributed by atoms with E-state index in [2.05, 4.69) is 17.6 Å². The number of nitrogens with one attached hydrogen (secondary N) is 2. The van der Waals surface area contributed by atoms with E-state index in [9.17, 15) is 8.78 Å². The van der Waals surface area contributed by atoms with Gasteiger partial charge in [0, 0.05) is 39.9 Å².